The number of rotatable bonds is 11. The Bertz CT molecular complexity index is 1110. The Morgan fingerprint density at radius 3 is 2.41 bits per heavy atom. The van der Waals surface area contributed by atoms with Gasteiger partial charge in [0.05, 0.1) is 13.3 Å². The number of benzene rings is 3. The van der Waals surface area contributed by atoms with Gasteiger partial charge in [-0.25, -0.2) is 0 Å². The van der Waals surface area contributed by atoms with Crippen molar-refractivity contribution in [3.63, 3.8) is 0 Å². The lowest BCUT2D eigenvalue weighted by atomic mass is 10.1. The van der Waals surface area contributed by atoms with E-state index in [0.29, 0.717) is 23.2 Å². The second-order valence-electron chi connectivity index (χ2n) is 7.24. The summed E-state index contributed by atoms with van der Waals surface area (Å²) in [7, 11) is 1.54. The summed E-state index contributed by atoms with van der Waals surface area (Å²) in [6.45, 7) is 0.448. The van der Waals surface area contributed by atoms with E-state index in [9.17, 15) is 4.79 Å². The minimum atomic E-state index is -0.193. The second kappa shape index (κ2) is 13.7. The summed E-state index contributed by atoms with van der Waals surface area (Å²) in [6.07, 6.45) is 2.35. The molecule has 3 aromatic rings. The molecular formula is C26H28N4O3S. The number of nitrogens with two attached hydrogens (primary N) is 1. The maximum absolute atomic E-state index is 12.1. The Balaban J connectivity index is 1.46. The number of amidine groups is 1. The van der Waals surface area contributed by atoms with Crippen LogP contribution in [0.5, 0.6) is 11.5 Å². The molecule has 0 aromatic heterocycles. The average molecular weight is 477 g/mol. The van der Waals surface area contributed by atoms with Crippen molar-refractivity contribution in [1.82, 2.24) is 5.32 Å². The first kappa shape index (κ1) is 24.9. The lowest BCUT2D eigenvalue weighted by Crippen LogP contribution is -2.30. The smallest absolute Gasteiger partial charge is 0.257 e. The summed E-state index contributed by atoms with van der Waals surface area (Å²) >= 11 is 1.42. The van der Waals surface area contributed by atoms with Crippen LogP contribution >= 0.6 is 11.8 Å². The van der Waals surface area contributed by atoms with Crippen LogP contribution in [0.25, 0.3) is 0 Å². The molecular weight excluding hydrogens is 448 g/mol. The zero-order chi connectivity index (χ0) is 24.0. The topological polar surface area (TPSA) is 98.3 Å². The van der Waals surface area contributed by atoms with Gasteiger partial charge in [0.15, 0.2) is 23.3 Å². The van der Waals surface area contributed by atoms with Crippen molar-refractivity contribution in [2.24, 2.45) is 15.9 Å². The molecule has 0 aliphatic rings. The summed E-state index contributed by atoms with van der Waals surface area (Å²) in [4.78, 5) is 12.1. The molecule has 3 aromatic carbocycles. The maximum Gasteiger partial charge on any atom is 0.257 e. The standard InChI is InChI=1S/C26H28N4O3S/c1-32-24-16-22(17-29-30-26(27)34-19-21-10-6-3-7-11-21)12-13-23(24)33-18-25(31)28-15-14-20-8-4-2-5-9-20/h2-13,16-17H,14-15,18-19H2,1H3,(H2,27,30)(H,28,31). The zero-order valence-electron chi connectivity index (χ0n) is 19.0. The van der Waals surface area contributed by atoms with Crippen LogP contribution < -0.4 is 20.5 Å². The molecule has 0 radical (unpaired) electrons. The van der Waals surface area contributed by atoms with E-state index in [1.54, 1.807) is 31.5 Å². The normalized spacial score (nSPS) is 11.4. The molecule has 0 aliphatic carbocycles. The van der Waals surface area contributed by atoms with Gasteiger partial charge < -0.3 is 20.5 Å². The van der Waals surface area contributed by atoms with Crippen molar-refractivity contribution in [1.29, 1.82) is 0 Å². The van der Waals surface area contributed by atoms with Crippen LogP contribution in [0, 0.1) is 0 Å². The minimum absolute atomic E-state index is 0.0992. The lowest BCUT2D eigenvalue weighted by Gasteiger charge is -2.11. The van der Waals surface area contributed by atoms with Gasteiger partial charge >= 0.3 is 0 Å². The van der Waals surface area contributed by atoms with Crippen LogP contribution in [0.1, 0.15) is 16.7 Å². The number of thioether (sulfide) groups is 1. The first-order valence-corrected chi connectivity index (χ1v) is 11.8. The van der Waals surface area contributed by atoms with Crippen molar-refractivity contribution in [3.8, 4) is 11.5 Å². The van der Waals surface area contributed by atoms with Gasteiger partial charge in [0, 0.05) is 12.3 Å². The number of amides is 1. The highest BCUT2D eigenvalue weighted by Gasteiger charge is 2.08. The van der Waals surface area contributed by atoms with Gasteiger partial charge in [-0.3, -0.25) is 4.79 Å². The molecule has 176 valence electrons. The number of carbonyl (C=O) groups excluding carboxylic acids is 1. The van der Waals surface area contributed by atoms with E-state index in [4.69, 9.17) is 15.2 Å². The molecule has 0 unspecified atom stereocenters. The number of nitrogens with zero attached hydrogens (tertiary/aromatic N) is 2. The van der Waals surface area contributed by atoms with E-state index in [2.05, 4.69) is 15.5 Å². The molecule has 3 N–H and O–H groups in total. The van der Waals surface area contributed by atoms with Gasteiger partial charge in [-0.05, 0) is 41.3 Å². The summed E-state index contributed by atoms with van der Waals surface area (Å²) in [6, 6.07) is 25.3. The predicted octanol–water partition coefficient (Wildman–Crippen LogP) is 4.01. The fraction of sp³-hybridized carbons (Fsp3) is 0.192. The quantitative estimate of drug-likeness (QED) is 0.248. The van der Waals surface area contributed by atoms with Crippen molar-refractivity contribution in [2.75, 3.05) is 20.3 Å². The van der Waals surface area contributed by atoms with Crippen molar-refractivity contribution in [2.45, 2.75) is 12.2 Å². The van der Waals surface area contributed by atoms with E-state index < -0.39 is 0 Å². The van der Waals surface area contributed by atoms with Gasteiger partial charge in [0.1, 0.15) is 0 Å². The fourth-order valence-corrected chi connectivity index (χ4v) is 3.59. The van der Waals surface area contributed by atoms with Crippen molar-refractivity contribution < 1.29 is 14.3 Å². The van der Waals surface area contributed by atoms with Crippen LogP contribution in [-0.4, -0.2) is 37.6 Å². The number of nitrogens with one attached hydrogen (secondary N) is 1. The Morgan fingerprint density at radius 1 is 1.00 bits per heavy atom. The highest BCUT2D eigenvalue weighted by molar-refractivity contribution is 8.13. The molecule has 0 saturated carbocycles. The molecule has 3 rings (SSSR count). The Kier molecular flexibility index (Phi) is 10.0. The minimum Gasteiger partial charge on any atom is -0.493 e. The third-order valence-corrected chi connectivity index (χ3v) is 5.57. The summed E-state index contributed by atoms with van der Waals surface area (Å²) in [5.41, 5.74) is 9.02. The summed E-state index contributed by atoms with van der Waals surface area (Å²) in [5, 5.41) is 11.3. The van der Waals surface area contributed by atoms with Gasteiger partial charge in [-0.2, -0.15) is 5.10 Å². The Hall–Kier alpha value is -3.78. The van der Waals surface area contributed by atoms with Gasteiger partial charge in [-0.1, -0.05) is 72.4 Å². The first-order chi connectivity index (χ1) is 16.6. The maximum atomic E-state index is 12.1. The third-order valence-electron chi connectivity index (χ3n) is 4.72. The monoisotopic (exact) mass is 476 g/mol. The van der Waals surface area contributed by atoms with E-state index in [0.717, 1.165) is 17.7 Å². The molecule has 0 aliphatic heterocycles. The Labute approximate surface area is 204 Å². The third kappa shape index (κ3) is 8.63. The number of hydrogen-bond donors (Lipinski definition) is 2. The largest absolute Gasteiger partial charge is 0.493 e. The second-order valence-corrected chi connectivity index (χ2v) is 8.24. The van der Waals surface area contributed by atoms with Crippen molar-refractivity contribution in [3.05, 3.63) is 95.6 Å². The molecule has 0 bridgehead atoms. The number of carbonyl (C=O) groups is 1. The highest BCUT2D eigenvalue weighted by Crippen LogP contribution is 2.27. The van der Waals surface area contributed by atoms with Crippen LogP contribution in [-0.2, 0) is 17.0 Å². The van der Waals surface area contributed by atoms with E-state index >= 15 is 0 Å². The zero-order valence-corrected chi connectivity index (χ0v) is 19.8. The number of methoxy groups -OCH3 is 1. The molecule has 0 spiro atoms. The van der Waals surface area contributed by atoms with Gasteiger partial charge in [0.25, 0.3) is 5.91 Å². The van der Waals surface area contributed by atoms with Crippen LogP contribution in [0.3, 0.4) is 0 Å². The van der Waals surface area contributed by atoms with E-state index in [-0.39, 0.29) is 12.5 Å². The molecule has 7 nitrogen and oxygen atoms in total. The van der Waals surface area contributed by atoms with Crippen molar-refractivity contribution >= 4 is 29.1 Å². The molecule has 8 heteroatoms. The lowest BCUT2D eigenvalue weighted by molar-refractivity contribution is -0.123. The highest BCUT2D eigenvalue weighted by atomic mass is 32.2. The molecule has 0 saturated heterocycles. The Morgan fingerprint density at radius 2 is 1.71 bits per heavy atom. The van der Waals surface area contributed by atoms with Crippen LogP contribution in [0.4, 0.5) is 0 Å². The molecule has 0 atom stereocenters. The molecule has 0 fully saturated rings. The van der Waals surface area contributed by atoms with Crippen LogP contribution in [0.15, 0.2) is 89.1 Å². The van der Waals surface area contributed by atoms with E-state index in [1.165, 1.54) is 22.9 Å². The fourth-order valence-electron chi connectivity index (χ4n) is 2.98. The number of ether oxygens (including phenoxy) is 2. The summed E-state index contributed by atoms with van der Waals surface area (Å²) in [5.74, 6) is 1.50. The molecule has 34 heavy (non-hydrogen) atoms. The number of hydrogen-bond acceptors (Lipinski definition) is 6. The first-order valence-electron chi connectivity index (χ1n) is 10.8. The SMILES string of the molecule is COc1cc(C=NN=C(N)SCc2ccccc2)ccc1OCC(=O)NCCc1ccccc1. The van der Waals surface area contributed by atoms with Crippen LogP contribution in [0.2, 0.25) is 0 Å². The molecule has 1 amide bonds. The van der Waals surface area contributed by atoms with Gasteiger partial charge in [-0.15, -0.1) is 5.10 Å². The average Bonchev–Trinajstić information content (AvgIpc) is 2.88. The van der Waals surface area contributed by atoms with E-state index in [1.807, 2.05) is 60.7 Å². The van der Waals surface area contributed by atoms with Gasteiger partial charge in [0.2, 0.25) is 0 Å². The molecule has 0 heterocycles. The predicted molar refractivity (Wildman–Crippen MR) is 139 cm³/mol. The summed E-state index contributed by atoms with van der Waals surface area (Å²) < 4.78 is 11.0.